The van der Waals surface area contributed by atoms with Gasteiger partial charge in [-0.25, -0.2) is 4.98 Å². The average Bonchev–Trinajstić information content (AvgIpc) is 2.82. The van der Waals surface area contributed by atoms with Gasteiger partial charge in [0.2, 0.25) is 0 Å². The topological polar surface area (TPSA) is 59.3 Å². The molecule has 3 aromatic rings. The zero-order valence-corrected chi connectivity index (χ0v) is 12.1. The maximum absolute atomic E-state index is 12.4. The van der Waals surface area contributed by atoms with E-state index in [-0.39, 0.29) is 5.91 Å². The maximum atomic E-state index is 12.4. The Morgan fingerprint density at radius 2 is 2.19 bits per heavy atom. The van der Waals surface area contributed by atoms with Crippen LogP contribution in [0.1, 0.15) is 21.7 Å². The van der Waals surface area contributed by atoms with E-state index in [2.05, 4.69) is 15.3 Å². The van der Waals surface area contributed by atoms with E-state index in [9.17, 15) is 4.79 Å². The van der Waals surface area contributed by atoms with Crippen LogP contribution >= 0.6 is 11.6 Å². The predicted octanol–water partition coefficient (Wildman–Crippen LogP) is 2.62. The Balaban J connectivity index is 1.85. The summed E-state index contributed by atoms with van der Waals surface area (Å²) >= 11 is 6.08. The van der Waals surface area contributed by atoms with Gasteiger partial charge >= 0.3 is 0 Å². The van der Waals surface area contributed by atoms with E-state index in [1.807, 2.05) is 18.2 Å². The van der Waals surface area contributed by atoms with Crippen molar-refractivity contribution >= 4 is 23.2 Å². The monoisotopic (exact) mass is 300 g/mol. The smallest absolute Gasteiger partial charge is 0.270 e. The Bertz CT molecular complexity index is 812. The largest absolute Gasteiger partial charge is 0.347 e. The van der Waals surface area contributed by atoms with Gasteiger partial charge in [0, 0.05) is 24.0 Å². The Morgan fingerprint density at radius 1 is 1.38 bits per heavy atom. The van der Waals surface area contributed by atoms with Crippen LogP contribution in [0.4, 0.5) is 0 Å². The number of halogens is 1. The van der Waals surface area contributed by atoms with Crippen LogP contribution < -0.4 is 5.32 Å². The predicted molar refractivity (Wildman–Crippen MR) is 80.3 cm³/mol. The van der Waals surface area contributed by atoms with Crippen molar-refractivity contribution in [3.05, 3.63) is 64.8 Å². The van der Waals surface area contributed by atoms with Gasteiger partial charge in [-0.15, -0.1) is 0 Å². The minimum Gasteiger partial charge on any atom is -0.347 e. The van der Waals surface area contributed by atoms with Gasteiger partial charge in [-0.3, -0.25) is 14.2 Å². The van der Waals surface area contributed by atoms with E-state index in [0.29, 0.717) is 28.6 Å². The van der Waals surface area contributed by atoms with Crippen molar-refractivity contribution in [1.82, 2.24) is 19.7 Å². The number of hydrogen-bond acceptors (Lipinski definition) is 3. The quantitative estimate of drug-likeness (QED) is 0.809. The molecule has 6 heteroatoms. The molecule has 2 heterocycles. The van der Waals surface area contributed by atoms with Gasteiger partial charge in [0.25, 0.3) is 5.91 Å². The Kier molecular flexibility index (Phi) is 3.58. The number of nitrogens with one attached hydrogen (secondary N) is 1. The lowest BCUT2D eigenvalue weighted by molar-refractivity contribution is 0.0944. The summed E-state index contributed by atoms with van der Waals surface area (Å²) in [6.45, 7) is 2.17. The van der Waals surface area contributed by atoms with Crippen LogP contribution in [0.2, 0.25) is 5.02 Å². The van der Waals surface area contributed by atoms with Gasteiger partial charge in [-0.05, 0) is 18.6 Å². The van der Waals surface area contributed by atoms with Crippen molar-refractivity contribution in [1.29, 1.82) is 0 Å². The molecule has 0 aliphatic carbocycles. The third-order valence-electron chi connectivity index (χ3n) is 3.22. The first-order valence-electron chi connectivity index (χ1n) is 6.47. The Hall–Kier alpha value is -2.40. The molecule has 0 radical (unpaired) electrons. The summed E-state index contributed by atoms with van der Waals surface area (Å²) < 4.78 is 1.73. The minimum atomic E-state index is -0.189. The van der Waals surface area contributed by atoms with Crippen molar-refractivity contribution < 1.29 is 4.79 Å². The number of carbonyl (C=O) groups is 1. The van der Waals surface area contributed by atoms with Crippen molar-refractivity contribution in [2.75, 3.05) is 0 Å². The van der Waals surface area contributed by atoms with Crippen LogP contribution in [-0.2, 0) is 6.54 Å². The minimum absolute atomic E-state index is 0.189. The first-order chi connectivity index (χ1) is 10.2. The van der Waals surface area contributed by atoms with Gasteiger partial charge in [0.1, 0.15) is 5.69 Å². The van der Waals surface area contributed by atoms with Crippen molar-refractivity contribution in [3.63, 3.8) is 0 Å². The summed E-state index contributed by atoms with van der Waals surface area (Å²) in [5, 5.41) is 3.51. The normalized spacial score (nSPS) is 10.8. The maximum Gasteiger partial charge on any atom is 0.270 e. The fourth-order valence-corrected chi connectivity index (χ4v) is 2.40. The summed E-state index contributed by atoms with van der Waals surface area (Å²) in [5.74, 6) is -0.189. The molecule has 5 nitrogen and oxygen atoms in total. The molecule has 1 aromatic carbocycles. The van der Waals surface area contributed by atoms with Gasteiger partial charge in [0.15, 0.2) is 5.65 Å². The molecule has 0 saturated carbocycles. The van der Waals surface area contributed by atoms with Gasteiger partial charge in [-0.1, -0.05) is 29.8 Å². The standard InChI is InChI=1S/C15H13ClN4O/c1-10-14(20-7-6-17-9-13(20)19-10)15(21)18-8-11-4-2-3-5-12(11)16/h2-7,9H,8H2,1H3,(H,18,21). The highest BCUT2D eigenvalue weighted by molar-refractivity contribution is 6.31. The zero-order chi connectivity index (χ0) is 14.8. The molecule has 21 heavy (non-hydrogen) atoms. The first kappa shape index (κ1) is 13.6. The summed E-state index contributed by atoms with van der Waals surface area (Å²) in [6.07, 6.45) is 4.97. The molecular formula is C15H13ClN4O. The molecule has 0 bridgehead atoms. The van der Waals surface area contributed by atoms with Crippen LogP contribution in [-0.4, -0.2) is 20.3 Å². The SMILES string of the molecule is Cc1nc2cnccn2c1C(=O)NCc1ccccc1Cl. The number of nitrogens with zero attached hydrogens (tertiary/aromatic N) is 3. The first-order valence-corrected chi connectivity index (χ1v) is 6.85. The number of aryl methyl sites for hydroxylation is 1. The van der Waals surface area contributed by atoms with Crippen LogP contribution in [0.25, 0.3) is 5.65 Å². The van der Waals surface area contributed by atoms with E-state index in [0.717, 1.165) is 5.56 Å². The average molecular weight is 301 g/mol. The molecule has 0 saturated heterocycles. The summed E-state index contributed by atoms with van der Waals surface area (Å²) in [6, 6.07) is 7.43. The molecule has 0 atom stereocenters. The number of benzene rings is 1. The highest BCUT2D eigenvalue weighted by Crippen LogP contribution is 2.15. The number of amides is 1. The molecule has 0 aliphatic rings. The van der Waals surface area contributed by atoms with Crippen molar-refractivity contribution in [2.24, 2.45) is 0 Å². The van der Waals surface area contributed by atoms with Gasteiger partial charge in [0.05, 0.1) is 11.9 Å². The summed E-state index contributed by atoms with van der Waals surface area (Å²) in [4.78, 5) is 20.7. The van der Waals surface area contributed by atoms with Gasteiger partial charge in [-0.2, -0.15) is 0 Å². The lowest BCUT2D eigenvalue weighted by Gasteiger charge is -2.07. The van der Waals surface area contributed by atoms with Crippen LogP contribution in [0.15, 0.2) is 42.9 Å². The molecule has 0 unspecified atom stereocenters. The number of aromatic nitrogens is 3. The Morgan fingerprint density at radius 3 is 3.00 bits per heavy atom. The number of imidazole rings is 1. The van der Waals surface area contributed by atoms with Crippen molar-refractivity contribution in [3.8, 4) is 0 Å². The van der Waals surface area contributed by atoms with E-state index < -0.39 is 0 Å². The summed E-state index contributed by atoms with van der Waals surface area (Å²) in [7, 11) is 0. The second-order valence-corrected chi connectivity index (χ2v) is 5.03. The zero-order valence-electron chi connectivity index (χ0n) is 11.4. The molecule has 3 rings (SSSR count). The second-order valence-electron chi connectivity index (χ2n) is 4.62. The third kappa shape index (κ3) is 2.60. The third-order valence-corrected chi connectivity index (χ3v) is 3.59. The highest BCUT2D eigenvalue weighted by atomic mass is 35.5. The Labute approximate surface area is 126 Å². The lowest BCUT2D eigenvalue weighted by atomic mass is 10.2. The number of rotatable bonds is 3. The van der Waals surface area contributed by atoms with Crippen LogP contribution in [0.5, 0.6) is 0 Å². The lowest BCUT2D eigenvalue weighted by Crippen LogP contribution is -2.25. The number of fused-ring (bicyclic) bond motifs is 1. The second kappa shape index (κ2) is 5.54. The highest BCUT2D eigenvalue weighted by Gasteiger charge is 2.16. The summed E-state index contributed by atoms with van der Waals surface area (Å²) in [5.41, 5.74) is 2.71. The molecule has 1 amide bonds. The van der Waals surface area contributed by atoms with E-state index >= 15 is 0 Å². The van der Waals surface area contributed by atoms with E-state index in [1.165, 1.54) is 0 Å². The molecule has 2 aromatic heterocycles. The number of hydrogen-bond donors (Lipinski definition) is 1. The van der Waals surface area contributed by atoms with E-state index in [1.54, 1.807) is 36.0 Å². The molecular weight excluding hydrogens is 288 g/mol. The fourth-order valence-electron chi connectivity index (χ4n) is 2.20. The molecule has 0 fully saturated rings. The van der Waals surface area contributed by atoms with Gasteiger partial charge < -0.3 is 5.32 Å². The molecule has 0 spiro atoms. The molecule has 1 N–H and O–H groups in total. The fraction of sp³-hybridized carbons (Fsp3) is 0.133. The molecule has 0 aliphatic heterocycles. The van der Waals surface area contributed by atoms with E-state index in [4.69, 9.17) is 11.6 Å². The molecule has 106 valence electrons. The van der Waals surface area contributed by atoms with Crippen molar-refractivity contribution in [2.45, 2.75) is 13.5 Å². The number of carbonyl (C=O) groups excluding carboxylic acids is 1. The van der Waals surface area contributed by atoms with Crippen LogP contribution in [0.3, 0.4) is 0 Å². The van der Waals surface area contributed by atoms with Crippen LogP contribution in [0, 0.1) is 6.92 Å².